The quantitative estimate of drug-likeness (QED) is 0.874. The molecule has 1 aliphatic rings. The first-order valence-corrected chi connectivity index (χ1v) is 5.82. The molecule has 3 nitrogen and oxygen atoms in total. The summed E-state index contributed by atoms with van der Waals surface area (Å²) >= 11 is 0. The van der Waals surface area contributed by atoms with Crippen molar-refractivity contribution in [1.29, 1.82) is 0 Å². The van der Waals surface area contributed by atoms with Crippen LogP contribution in [0.5, 0.6) is 0 Å². The van der Waals surface area contributed by atoms with Gasteiger partial charge in [0.25, 0.3) is 0 Å². The second-order valence-corrected chi connectivity index (χ2v) is 4.38. The van der Waals surface area contributed by atoms with E-state index in [-0.39, 0.29) is 12.5 Å². The number of halogens is 1. The molecule has 4 heteroatoms. The molecule has 1 aromatic rings. The number of amides is 1. The first-order valence-electron chi connectivity index (χ1n) is 5.82. The second kappa shape index (κ2) is 5.66. The van der Waals surface area contributed by atoms with Gasteiger partial charge in [0.2, 0.25) is 0 Å². The molecule has 92 valence electrons. The molecular formula is C13H16FNO2. The average Bonchev–Trinajstić information content (AvgIpc) is 2.32. The molecule has 0 spiro atoms. The summed E-state index contributed by atoms with van der Waals surface area (Å²) < 4.78 is 17.5. The van der Waals surface area contributed by atoms with Gasteiger partial charge in [-0.3, -0.25) is 0 Å². The number of rotatable bonds is 4. The van der Waals surface area contributed by atoms with Gasteiger partial charge in [-0.05, 0) is 24.3 Å². The number of ether oxygens (including phenoxy) is 1. The van der Waals surface area contributed by atoms with E-state index in [0.29, 0.717) is 19.4 Å². The smallest absolute Gasteiger partial charge is 0.407 e. The predicted molar refractivity (Wildman–Crippen MR) is 62.2 cm³/mol. The lowest BCUT2D eigenvalue weighted by atomic mass is 9.83. The normalized spacial score (nSPS) is 22.6. The van der Waals surface area contributed by atoms with Crippen LogP contribution in [-0.2, 0) is 11.3 Å². The summed E-state index contributed by atoms with van der Waals surface area (Å²) in [5.74, 6) is 0.272. The fourth-order valence-corrected chi connectivity index (χ4v) is 1.82. The Balaban J connectivity index is 1.61. The monoisotopic (exact) mass is 237 g/mol. The molecule has 1 aliphatic carbocycles. The highest BCUT2D eigenvalue weighted by Crippen LogP contribution is 2.29. The van der Waals surface area contributed by atoms with Crippen LogP contribution >= 0.6 is 0 Å². The first-order chi connectivity index (χ1) is 8.24. The molecule has 0 aliphatic heterocycles. The van der Waals surface area contributed by atoms with E-state index in [1.54, 1.807) is 0 Å². The Morgan fingerprint density at radius 3 is 2.71 bits per heavy atom. The van der Waals surface area contributed by atoms with Crippen LogP contribution in [0.4, 0.5) is 9.18 Å². The summed E-state index contributed by atoms with van der Waals surface area (Å²) in [5.41, 5.74) is 0.954. The van der Waals surface area contributed by atoms with Gasteiger partial charge in [0.15, 0.2) is 0 Å². The van der Waals surface area contributed by atoms with E-state index >= 15 is 0 Å². The van der Waals surface area contributed by atoms with Crippen molar-refractivity contribution < 1.29 is 13.9 Å². The second-order valence-electron chi connectivity index (χ2n) is 4.38. The Labute approximate surface area is 100.0 Å². The Bertz CT molecular complexity index is 363. The highest BCUT2D eigenvalue weighted by Gasteiger charge is 2.28. The van der Waals surface area contributed by atoms with E-state index in [9.17, 15) is 9.18 Å². The minimum Gasteiger partial charge on any atom is -0.445 e. The van der Waals surface area contributed by atoms with Crippen LogP contribution in [0.3, 0.4) is 0 Å². The molecule has 1 saturated carbocycles. The van der Waals surface area contributed by atoms with E-state index < -0.39 is 12.3 Å². The number of carbonyl (C=O) groups is 1. The van der Waals surface area contributed by atoms with Gasteiger partial charge in [0.05, 0.1) is 0 Å². The highest BCUT2D eigenvalue weighted by molar-refractivity contribution is 5.67. The topological polar surface area (TPSA) is 38.3 Å². The van der Waals surface area contributed by atoms with Gasteiger partial charge in [-0.1, -0.05) is 30.3 Å². The number of nitrogens with one attached hydrogen (secondary N) is 1. The molecule has 2 rings (SSSR count). The van der Waals surface area contributed by atoms with Crippen molar-refractivity contribution in [2.75, 3.05) is 6.54 Å². The molecule has 17 heavy (non-hydrogen) atoms. The number of hydrogen-bond acceptors (Lipinski definition) is 2. The first kappa shape index (κ1) is 11.9. The third kappa shape index (κ3) is 3.73. The zero-order valence-corrected chi connectivity index (χ0v) is 9.56. The lowest BCUT2D eigenvalue weighted by molar-refractivity contribution is 0.113. The molecule has 1 amide bonds. The molecule has 0 unspecified atom stereocenters. The summed E-state index contributed by atoms with van der Waals surface area (Å²) in [4.78, 5) is 11.3. The van der Waals surface area contributed by atoms with Crippen molar-refractivity contribution in [1.82, 2.24) is 5.32 Å². The highest BCUT2D eigenvalue weighted by atomic mass is 19.1. The molecule has 0 saturated heterocycles. The molecular weight excluding hydrogens is 221 g/mol. The predicted octanol–water partition coefficient (Wildman–Crippen LogP) is 2.66. The molecule has 0 bridgehead atoms. The van der Waals surface area contributed by atoms with Gasteiger partial charge in [-0.25, -0.2) is 9.18 Å². The third-order valence-corrected chi connectivity index (χ3v) is 2.93. The summed E-state index contributed by atoms with van der Waals surface area (Å²) in [6, 6.07) is 9.49. The van der Waals surface area contributed by atoms with Gasteiger partial charge < -0.3 is 10.1 Å². The lowest BCUT2D eigenvalue weighted by Crippen LogP contribution is -2.37. The fourth-order valence-electron chi connectivity index (χ4n) is 1.82. The van der Waals surface area contributed by atoms with E-state index in [2.05, 4.69) is 5.32 Å². The third-order valence-electron chi connectivity index (χ3n) is 2.93. The van der Waals surface area contributed by atoms with Crippen molar-refractivity contribution >= 4 is 6.09 Å². The number of alkyl halides is 1. The molecule has 0 atom stereocenters. The molecule has 0 heterocycles. The van der Waals surface area contributed by atoms with Crippen LogP contribution in [0.25, 0.3) is 0 Å². The maximum absolute atomic E-state index is 12.5. The van der Waals surface area contributed by atoms with Crippen molar-refractivity contribution in [2.24, 2.45) is 5.92 Å². The Hall–Kier alpha value is -1.58. The van der Waals surface area contributed by atoms with Crippen molar-refractivity contribution in [3.63, 3.8) is 0 Å². The summed E-state index contributed by atoms with van der Waals surface area (Å²) in [7, 11) is 0. The van der Waals surface area contributed by atoms with Crippen LogP contribution in [0.15, 0.2) is 30.3 Å². The van der Waals surface area contributed by atoms with Gasteiger partial charge in [-0.15, -0.1) is 0 Å². The van der Waals surface area contributed by atoms with E-state index in [0.717, 1.165) is 5.56 Å². The van der Waals surface area contributed by atoms with Crippen LogP contribution in [0.1, 0.15) is 18.4 Å². The number of benzene rings is 1. The zero-order valence-electron chi connectivity index (χ0n) is 9.56. The maximum Gasteiger partial charge on any atom is 0.407 e. The fraction of sp³-hybridized carbons (Fsp3) is 0.462. The summed E-state index contributed by atoms with van der Waals surface area (Å²) in [6.45, 7) is 0.775. The van der Waals surface area contributed by atoms with Gasteiger partial charge in [0, 0.05) is 6.54 Å². The van der Waals surface area contributed by atoms with Crippen LogP contribution in [0.2, 0.25) is 0 Å². The van der Waals surface area contributed by atoms with Crippen LogP contribution in [0, 0.1) is 5.92 Å². The Morgan fingerprint density at radius 1 is 1.35 bits per heavy atom. The van der Waals surface area contributed by atoms with Crippen molar-refractivity contribution in [3.8, 4) is 0 Å². The molecule has 1 aromatic carbocycles. The van der Waals surface area contributed by atoms with Gasteiger partial charge in [-0.2, -0.15) is 0 Å². The Morgan fingerprint density at radius 2 is 2.06 bits per heavy atom. The average molecular weight is 237 g/mol. The molecule has 0 radical (unpaired) electrons. The summed E-state index contributed by atoms with van der Waals surface area (Å²) in [5, 5.41) is 2.65. The molecule has 1 N–H and O–H groups in total. The van der Waals surface area contributed by atoms with Gasteiger partial charge >= 0.3 is 6.09 Å². The van der Waals surface area contributed by atoms with E-state index in [1.165, 1.54) is 0 Å². The lowest BCUT2D eigenvalue weighted by Gasteiger charge is -2.29. The van der Waals surface area contributed by atoms with E-state index in [4.69, 9.17) is 4.74 Å². The zero-order chi connectivity index (χ0) is 12.1. The van der Waals surface area contributed by atoms with E-state index in [1.807, 2.05) is 30.3 Å². The van der Waals surface area contributed by atoms with Gasteiger partial charge in [0.1, 0.15) is 12.8 Å². The number of hydrogen-bond donors (Lipinski definition) is 1. The summed E-state index contributed by atoms with van der Waals surface area (Å²) in [6.07, 6.45) is -0.00363. The van der Waals surface area contributed by atoms with Crippen LogP contribution in [-0.4, -0.2) is 18.8 Å². The minimum absolute atomic E-state index is 0.267. The maximum atomic E-state index is 12.5. The SMILES string of the molecule is O=C(NCC1CC(F)C1)OCc1ccccc1. The van der Waals surface area contributed by atoms with Crippen molar-refractivity contribution in [2.45, 2.75) is 25.6 Å². The standard InChI is InChI=1S/C13H16FNO2/c14-12-6-11(7-12)8-15-13(16)17-9-10-4-2-1-3-5-10/h1-5,11-12H,6-9H2,(H,15,16). The minimum atomic E-state index is -0.679. The van der Waals surface area contributed by atoms with Crippen molar-refractivity contribution in [3.05, 3.63) is 35.9 Å². The number of carbonyl (C=O) groups excluding carboxylic acids is 1. The molecule has 0 aromatic heterocycles. The largest absolute Gasteiger partial charge is 0.445 e. The number of alkyl carbamates (subject to hydrolysis) is 1. The Kier molecular flexibility index (Phi) is 3.96. The van der Waals surface area contributed by atoms with Crippen LogP contribution < -0.4 is 5.32 Å². The molecule has 1 fully saturated rings.